The van der Waals surface area contributed by atoms with Gasteiger partial charge >= 0.3 is 0 Å². The van der Waals surface area contributed by atoms with Gasteiger partial charge in [0.05, 0.1) is 31.2 Å². The fourth-order valence-corrected chi connectivity index (χ4v) is 1.58. The van der Waals surface area contributed by atoms with E-state index in [9.17, 15) is 5.11 Å². The zero-order valence-corrected chi connectivity index (χ0v) is 12.3. The fourth-order valence-electron chi connectivity index (χ4n) is 1.58. The summed E-state index contributed by atoms with van der Waals surface area (Å²) < 4.78 is 15.8. The van der Waals surface area contributed by atoms with Gasteiger partial charge in [-0.2, -0.15) is 0 Å². The Bertz CT molecular complexity index is 359. The van der Waals surface area contributed by atoms with Gasteiger partial charge in [-0.25, -0.2) is 0 Å². The largest absolute Gasteiger partial charge is 0.489 e. The average molecular weight is 284 g/mol. The van der Waals surface area contributed by atoms with E-state index >= 15 is 0 Å². The Morgan fingerprint density at radius 3 is 2.70 bits per heavy atom. The molecule has 0 fully saturated rings. The Morgan fingerprint density at radius 2 is 2.10 bits per heavy atom. The van der Waals surface area contributed by atoms with E-state index in [4.69, 9.17) is 14.2 Å². The van der Waals surface area contributed by atoms with Gasteiger partial charge in [0.25, 0.3) is 0 Å². The van der Waals surface area contributed by atoms with Gasteiger partial charge in [0, 0.05) is 13.7 Å². The molecule has 0 saturated heterocycles. The molecule has 0 aliphatic heterocycles. The third-order valence-electron chi connectivity index (χ3n) is 2.57. The number of hydrogen-bond donors (Lipinski definition) is 2. The van der Waals surface area contributed by atoms with Crippen LogP contribution in [0.25, 0.3) is 0 Å². The fraction of sp³-hybridized carbons (Fsp3) is 0.643. The van der Waals surface area contributed by atoms with Crippen LogP contribution in [-0.2, 0) is 16.0 Å². The highest BCUT2D eigenvalue weighted by molar-refractivity contribution is 5.19. The number of aromatic nitrogens is 1. The molecular weight excluding hydrogens is 260 g/mol. The van der Waals surface area contributed by atoms with Crippen molar-refractivity contribution in [3.63, 3.8) is 0 Å². The van der Waals surface area contributed by atoms with Crippen molar-refractivity contribution in [1.82, 2.24) is 10.3 Å². The average Bonchev–Trinajstić information content (AvgIpc) is 2.45. The number of hydrogen-bond acceptors (Lipinski definition) is 6. The standard InChI is InChI=1S/C14H24N2O4/c1-11(8-18-3)19-9-13(17)10-20-14-5-4-12(6-15-2)16-7-14/h4-5,7,11,13,15,17H,6,8-10H2,1-3H3. The summed E-state index contributed by atoms with van der Waals surface area (Å²) >= 11 is 0. The second kappa shape index (κ2) is 9.66. The van der Waals surface area contributed by atoms with E-state index in [2.05, 4.69) is 10.3 Å². The van der Waals surface area contributed by atoms with Crippen molar-refractivity contribution >= 4 is 0 Å². The monoisotopic (exact) mass is 284 g/mol. The lowest BCUT2D eigenvalue weighted by Crippen LogP contribution is -2.27. The molecule has 0 aliphatic carbocycles. The van der Waals surface area contributed by atoms with Crippen molar-refractivity contribution in [3.8, 4) is 5.75 Å². The first-order valence-corrected chi connectivity index (χ1v) is 6.66. The molecule has 20 heavy (non-hydrogen) atoms. The van der Waals surface area contributed by atoms with Gasteiger partial charge in [0.15, 0.2) is 0 Å². The van der Waals surface area contributed by atoms with Crippen LogP contribution in [0.4, 0.5) is 0 Å². The van der Waals surface area contributed by atoms with E-state index in [1.54, 1.807) is 13.3 Å². The molecule has 2 N–H and O–H groups in total. The van der Waals surface area contributed by atoms with Crippen LogP contribution in [0.5, 0.6) is 5.75 Å². The second-order valence-electron chi connectivity index (χ2n) is 4.58. The molecular formula is C14H24N2O4. The van der Waals surface area contributed by atoms with E-state index in [1.165, 1.54) is 0 Å². The van der Waals surface area contributed by atoms with Crippen LogP contribution >= 0.6 is 0 Å². The number of aliphatic hydroxyl groups excluding tert-OH is 1. The number of pyridine rings is 1. The zero-order valence-electron chi connectivity index (χ0n) is 12.3. The molecule has 2 unspecified atom stereocenters. The van der Waals surface area contributed by atoms with Gasteiger partial charge in [0.2, 0.25) is 0 Å². The minimum absolute atomic E-state index is 0.0443. The highest BCUT2D eigenvalue weighted by Crippen LogP contribution is 2.09. The van der Waals surface area contributed by atoms with Crippen LogP contribution in [0.1, 0.15) is 12.6 Å². The third-order valence-corrected chi connectivity index (χ3v) is 2.57. The number of aliphatic hydroxyl groups is 1. The SMILES string of the molecule is CNCc1ccc(OCC(O)COC(C)COC)cn1. The van der Waals surface area contributed by atoms with E-state index in [1.807, 2.05) is 26.1 Å². The van der Waals surface area contributed by atoms with Gasteiger partial charge in [-0.3, -0.25) is 4.98 Å². The molecule has 0 saturated carbocycles. The summed E-state index contributed by atoms with van der Waals surface area (Å²) in [7, 11) is 3.48. The molecule has 1 aromatic heterocycles. The van der Waals surface area contributed by atoms with Gasteiger partial charge in [-0.05, 0) is 26.1 Å². The van der Waals surface area contributed by atoms with Crippen molar-refractivity contribution in [2.24, 2.45) is 0 Å². The predicted molar refractivity (Wildman–Crippen MR) is 75.8 cm³/mol. The minimum atomic E-state index is -0.675. The first-order valence-electron chi connectivity index (χ1n) is 6.66. The summed E-state index contributed by atoms with van der Waals surface area (Å²) in [6.45, 7) is 3.50. The first-order chi connectivity index (χ1) is 9.65. The molecule has 0 aromatic carbocycles. The van der Waals surface area contributed by atoms with Crippen LogP contribution in [0.3, 0.4) is 0 Å². The number of ether oxygens (including phenoxy) is 3. The number of nitrogens with zero attached hydrogens (tertiary/aromatic N) is 1. The third kappa shape index (κ3) is 6.81. The maximum atomic E-state index is 9.75. The molecule has 1 heterocycles. The molecule has 0 amide bonds. The summed E-state index contributed by atoms with van der Waals surface area (Å²) in [6.07, 6.45) is 0.928. The smallest absolute Gasteiger partial charge is 0.137 e. The Balaban J connectivity index is 2.24. The molecule has 0 bridgehead atoms. The maximum Gasteiger partial charge on any atom is 0.137 e. The van der Waals surface area contributed by atoms with E-state index in [0.717, 1.165) is 5.69 Å². The van der Waals surface area contributed by atoms with Crippen LogP contribution in [-0.4, -0.2) is 56.3 Å². The van der Waals surface area contributed by atoms with E-state index in [0.29, 0.717) is 18.9 Å². The summed E-state index contributed by atoms with van der Waals surface area (Å²) in [4.78, 5) is 4.23. The topological polar surface area (TPSA) is 72.8 Å². The van der Waals surface area contributed by atoms with Crippen LogP contribution in [0.2, 0.25) is 0 Å². The Hall–Kier alpha value is -1.21. The minimum Gasteiger partial charge on any atom is -0.489 e. The quantitative estimate of drug-likeness (QED) is 0.655. The lowest BCUT2D eigenvalue weighted by atomic mass is 10.3. The predicted octanol–water partition coefficient (Wildman–Crippen LogP) is 0.592. The number of rotatable bonds is 10. The van der Waals surface area contributed by atoms with Gasteiger partial charge in [0.1, 0.15) is 18.5 Å². The summed E-state index contributed by atoms with van der Waals surface area (Å²) in [5, 5.41) is 12.8. The van der Waals surface area contributed by atoms with E-state index < -0.39 is 6.10 Å². The molecule has 0 aliphatic rings. The Kier molecular flexibility index (Phi) is 8.13. The Labute approximate surface area is 120 Å². The van der Waals surface area contributed by atoms with Crippen LogP contribution < -0.4 is 10.1 Å². The molecule has 6 nitrogen and oxygen atoms in total. The number of nitrogens with one attached hydrogen (secondary N) is 1. The van der Waals surface area contributed by atoms with Crippen molar-refractivity contribution in [3.05, 3.63) is 24.0 Å². The molecule has 0 spiro atoms. The van der Waals surface area contributed by atoms with Crippen molar-refractivity contribution in [2.45, 2.75) is 25.7 Å². The van der Waals surface area contributed by atoms with Gasteiger partial charge < -0.3 is 24.6 Å². The lowest BCUT2D eigenvalue weighted by molar-refractivity contribution is -0.0423. The normalized spacial score (nSPS) is 14.0. The number of methoxy groups -OCH3 is 1. The van der Waals surface area contributed by atoms with E-state index in [-0.39, 0.29) is 19.3 Å². The molecule has 114 valence electrons. The summed E-state index contributed by atoms with van der Waals surface area (Å²) in [5.74, 6) is 0.633. The second-order valence-corrected chi connectivity index (χ2v) is 4.58. The summed E-state index contributed by atoms with van der Waals surface area (Å²) in [5.41, 5.74) is 0.942. The van der Waals surface area contributed by atoms with Crippen molar-refractivity contribution in [1.29, 1.82) is 0 Å². The van der Waals surface area contributed by atoms with Crippen molar-refractivity contribution < 1.29 is 19.3 Å². The van der Waals surface area contributed by atoms with Gasteiger partial charge in [-0.15, -0.1) is 0 Å². The molecule has 6 heteroatoms. The summed E-state index contributed by atoms with van der Waals surface area (Å²) in [6, 6.07) is 3.72. The highest BCUT2D eigenvalue weighted by Gasteiger charge is 2.09. The lowest BCUT2D eigenvalue weighted by Gasteiger charge is -2.16. The van der Waals surface area contributed by atoms with Crippen LogP contribution in [0, 0.1) is 0 Å². The molecule has 2 atom stereocenters. The maximum absolute atomic E-state index is 9.75. The van der Waals surface area contributed by atoms with Crippen molar-refractivity contribution in [2.75, 3.05) is 34.0 Å². The zero-order chi connectivity index (χ0) is 14.8. The molecule has 1 rings (SSSR count). The van der Waals surface area contributed by atoms with Crippen LogP contribution in [0.15, 0.2) is 18.3 Å². The molecule has 1 aromatic rings. The first kappa shape index (κ1) is 16.8. The Morgan fingerprint density at radius 1 is 1.30 bits per heavy atom. The van der Waals surface area contributed by atoms with Gasteiger partial charge in [-0.1, -0.05) is 0 Å². The highest BCUT2D eigenvalue weighted by atomic mass is 16.5. The molecule has 0 radical (unpaired) electrons.